The molecular formula is C11H4F7N3. The molecule has 2 rings (SSSR count). The number of hydrogen-bond donors (Lipinski definition) is 2. The van der Waals surface area contributed by atoms with Crippen molar-refractivity contribution in [3.63, 3.8) is 0 Å². The molecule has 112 valence electrons. The number of halogens is 7. The van der Waals surface area contributed by atoms with Crippen LogP contribution in [-0.2, 0) is 0 Å². The molecule has 0 aliphatic rings. The fraction of sp³-hybridized carbons (Fsp3) is 0. The lowest BCUT2D eigenvalue weighted by Crippen LogP contribution is -2.09. The van der Waals surface area contributed by atoms with Crippen molar-refractivity contribution in [3.05, 3.63) is 46.8 Å². The summed E-state index contributed by atoms with van der Waals surface area (Å²) in [6.07, 6.45) is 0. The van der Waals surface area contributed by atoms with Gasteiger partial charge >= 0.3 is 0 Å². The standard InChI is InChI=1S/C11H4F7N3/c12-2-1-3(13)11(21-10(2)19)20-9-7(17)5(15)4(14)6(16)8(9)18/h1H,(H3,19,20,21). The van der Waals surface area contributed by atoms with Crippen molar-refractivity contribution in [2.75, 3.05) is 11.1 Å². The molecule has 0 spiro atoms. The predicted octanol–water partition coefficient (Wildman–Crippen LogP) is 3.38. The molecule has 0 amide bonds. The smallest absolute Gasteiger partial charge is 0.200 e. The fourth-order valence-electron chi connectivity index (χ4n) is 1.40. The zero-order valence-electron chi connectivity index (χ0n) is 9.75. The normalized spacial score (nSPS) is 10.8. The van der Waals surface area contributed by atoms with Crippen LogP contribution in [0.5, 0.6) is 0 Å². The Labute approximate surface area is 112 Å². The maximum Gasteiger partial charge on any atom is 0.200 e. The zero-order chi connectivity index (χ0) is 15.9. The number of aromatic nitrogens is 1. The summed E-state index contributed by atoms with van der Waals surface area (Å²) in [4.78, 5) is 3.08. The van der Waals surface area contributed by atoms with E-state index < -0.39 is 58.0 Å². The highest BCUT2D eigenvalue weighted by molar-refractivity contribution is 5.60. The molecule has 3 N–H and O–H groups in total. The van der Waals surface area contributed by atoms with Gasteiger partial charge in [-0.3, -0.25) is 0 Å². The Hall–Kier alpha value is -2.52. The van der Waals surface area contributed by atoms with E-state index in [2.05, 4.69) is 4.98 Å². The lowest BCUT2D eigenvalue weighted by molar-refractivity contribution is 0.382. The summed E-state index contributed by atoms with van der Waals surface area (Å²) in [5, 5.41) is 1.56. The van der Waals surface area contributed by atoms with E-state index in [9.17, 15) is 30.7 Å². The SMILES string of the molecule is Nc1nc(Nc2c(F)c(F)c(F)c(F)c2F)c(F)cc1F. The maximum atomic E-state index is 13.4. The summed E-state index contributed by atoms with van der Waals surface area (Å²) in [6, 6.07) is 0.233. The van der Waals surface area contributed by atoms with Crippen molar-refractivity contribution < 1.29 is 30.7 Å². The molecule has 10 heteroatoms. The Morgan fingerprint density at radius 1 is 0.762 bits per heavy atom. The van der Waals surface area contributed by atoms with Crippen LogP contribution < -0.4 is 11.1 Å². The van der Waals surface area contributed by atoms with Gasteiger partial charge in [0.2, 0.25) is 5.82 Å². The summed E-state index contributed by atoms with van der Waals surface area (Å²) in [5.74, 6) is -15.8. The van der Waals surface area contributed by atoms with Gasteiger partial charge in [-0.1, -0.05) is 0 Å². The molecule has 0 aliphatic carbocycles. The Bertz CT molecular complexity index is 703. The van der Waals surface area contributed by atoms with Gasteiger partial charge in [0.05, 0.1) is 0 Å². The fourth-order valence-corrected chi connectivity index (χ4v) is 1.40. The summed E-state index contributed by atoms with van der Waals surface area (Å²) >= 11 is 0. The quantitative estimate of drug-likeness (QED) is 0.508. The van der Waals surface area contributed by atoms with Crippen molar-refractivity contribution in [3.8, 4) is 0 Å². The Morgan fingerprint density at radius 3 is 1.76 bits per heavy atom. The molecule has 21 heavy (non-hydrogen) atoms. The Balaban J connectivity index is 2.58. The maximum absolute atomic E-state index is 13.4. The number of benzene rings is 1. The molecule has 0 fully saturated rings. The number of pyridine rings is 1. The minimum Gasteiger partial charge on any atom is -0.381 e. The van der Waals surface area contributed by atoms with E-state index in [0.29, 0.717) is 0 Å². The van der Waals surface area contributed by atoms with Crippen molar-refractivity contribution >= 4 is 17.3 Å². The molecule has 0 bridgehead atoms. The average Bonchev–Trinajstić information content (AvgIpc) is 2.44. The average molecular weight is 311 g/mol. The van der Waals surface area contributed by atoms with Crippen LogP contribution in [0.3, 0.4) is 0 Å². The molecule has 0 radical (unpaired) electrons. The molecule has 0 saturated heterocycles. The molecule has 0 saturated carbocycles. The van der Waals surface area contributed by atoms with Crippen LogP contribution in [-0.4, -0.2) is 4.98 Å². The van der Waals surface area contributed by atoms with Crippen molar-refractivity contribution in [1.29, 1.82) is 0 Å². The van der Waals surface area contributed by atoms with Gasteiger partial charge in [-0.25, -0.2) is 35.7 Å². The number of anilines is 3. The van der Waals surface area contributed by atoms with Crippen LogP contribution in [0.25, 0.3) is 0 Å². The molecule has 1 aromatic carbocycles. The van der Waals surface area contributed by atoms with Crippen LogP contribution in [0.2, 0.25) is 0 Å². The van der Waals surface area contributed by atoms with Crippen LogP contribution in [0.1, 0.15) is 0 Å². The summed E-state index contributed by atoms with van der Waals surface area (Å²) in [7, 11) is 0. The zero-order valence-corrected chi connectivity index (χ0v) is 9.75. The number of hydrogen-bond acceptors (Lipinski definition) is 3. The van der Waals surface area contributed by atoms with Crippen molar-refractivity contribution in [2.45, 2.75) is 0 Å². The molecule has 2 aromatic rings. The van der Waals surface area contributed by atoms with E-state index >= 15 is 0 Å². The first kappa shape index (κ1) is 14.9. The number of nitrogens with one attached hydrogen (secondary N) is 1. The highest BCUT2D eigenvalue weighted by atomic mass is 19.2. The molecular weight excluding hydrogens is 307 g/mol. The topological polar surface area (TPSA) is 50.9 Å². The Morgan fingerprint density at radius 2 is 1.24 bits per heavy atom. The van der Waals surface area contributed by atoms with Crippen LogP contribution in [0.15, 0.2) is 6.07 Å². The summed E-state index contributed by atoms with van der Waals surface area (Å²) in [5.41, 5.74) is 3.48. The third kappa shape index (κ3) is 2.43. The van der Waals surface area contributed by atoms with Crippen LogP contribution in [0.4, 0.5) is 48.1 Å². The van der Waals surface area contributed by atoms with E-state index in [-0.39, 0.29) is 6.07 Å². The minimum atomic E-state index is -2.37. The largest absolute Gasteiger partial charge is 0.381 e. The highest BCUT2D eigenvalue weighted by Gasteiger charge is 2.26. The predicted molar refractivity (Wildman–Crippen MR) is 58.1 cm³/mol. The second-order valence-corrected chi connectivity index (χ2v) is 3.76. The molecule has 0 atom stereocenters. The van der Waals surface area contributed by atoms with Gasteiger partial charge in [0.15, 0.2) is 46.5 Å². The molecule has 1 aromatic heterocycles. The number of rotatable bonds is 2. The van der Waals surface area contributed by atoms with Gasteiger partial charge in [-0.15, -0.1) is 0 Å². The van der Waals surface area contributed by atoms with Crippen molar-refractivity contribution in [1.82, 2.24) is 4.98 Å². The van der Waals surface area contributed by atoms with E-state index in [1.807, 2.05) is 0 Å². The van der Waals surface area contributed by atoms with Crippen molar-refractivity contribution in [2.24, 2.45) is 0 Å². The molecule has 3 nitrogen and oxygen atoms in total. The second kappa shape index (κ2) is 5.11. The number of nitrogen functional groups attached to an aromatic ring is 1. The third-order valence-electron chi connectivity index (χ3n) is 2.41. The van der Waals surface area contributed by atoms with Gasteiger partial charge in [-0.2, -0.15) is 0 Å². The molecule has 1 heterocycles. The summed E-state index contributed by atoms with van der Waals surface area (Å²) in [6.45, 7) is 0. The van der Waals surface area contributed by atoms with Gasteiger partial charge in [0.25, 0.3) is 0 Å². The Kier molecular flexibility index (Phi) is 3.62. The molecule has 0 aliphatic heterocycles. The molecule has 0 unspecified atom stereocenters. The number of nitrogens with zero attached hydrogens (tertiary/aromatic N) is 1. The monoisotopic (exact) mass is 311 g/mol. The third-order valence-corrected chi connectivity index (χ3v) is 2.41. The minimum absolute atomic E-state index is 0.233. The summed E-state index contributed by atoms with van der Waals surface area (Å²) < 4.78 is 91.6. The van der Waals surface area contributed by atoms with E-state index in [4.69, 9.17) is 5.73 Å². The van der Waals surface area contributed by atoms with Gasteiger partial charge in [0.1, 0.15) is 5.69 Å². The highest BCUT2D eigenvalue weighted by Crippen LogP contribution is 2.30. The van der Waals surface area contributed by atoms with Gasteiger partial charge in [-0.05, 0) is 0 Å². The number of nitrogens with two attached hydrogens (primary N) is 1. The van der Waals surface area contributed by atoms with Gasteiger partial charge in [0, 0.05) is 6.07 Å². The van der Waals surface area contributed by atoms with E-state index in [1.165, 1.54) is 0 Å². The lowest BCUT2D eigenvalue weighted by atomic mass is 10.2. The van der Waals surface area contributed by atoms with Crippen LogP contribution >= 0.6 is 0 Å². The first-order chi connectivity index (χ1) is 9.73. The van der Waals surface area contributed by atoms with Crippen LogP contribution in [0, 0.1) is 40.7 Å². The second-order valence-electron chi connectivity index (χ2n) is 3.76. The first-order valence-corrected chi connectivity index (χ1v) is 5.14. The first-order valence-electron chi connectivity index (χ1n) is 5.14. The van der Waals surface area contributed by atoms with E-state index in [1.54, 1.807) is 5.32 Å². The lowest BCUT2D eigenvalue weighted by Gasteiger charge is -2.11. The van der Waals surface area contributed by atoms with E-state index in [0.717, 1.165) is 0 Å². The van der Waals surface area contributed by atoms with Gasteiger partial charge < -0.3 is 11.1 Å².